The third-order valence-corrected chi connectivity index (χ3v) is 9.00. The number of amides is 3. The van der Waals surface area contributed by atoms with E-state index in [0.29, 0.717) is 28.8 Å². The van der Waals surface area contributed by atoms with Crippen LogP contribution in [0.1, 0.15) is 46.7 Å². The van der Waals surface area contributed by atoms with Gasteiger partial charge < -0.3 is 9.14 Å². The number of anilines is 1. The molecule has 4 heterocycles. The van der Waals surface area contributed by atoms with E-state index in [1.807, 2.05) is 108 Å². The van der Waals surface area contributed by atoms with Crippen LogP contribution in [-0.4, -0.2) is 42.7 Å². The van der Waals surface area contributed by atoms with E-state index >= 15 is 0 Å². The molecule has 0 radical (unpaired) electrons. The molecule has 6 aromatic rings. The highest BCUT2D eigenvalue weighted by Gasteiger charge is 2.53. The third kappa shape index (κ3) is 5.09. The number of ether oxygens (including phenoxy) is 1. The van der Waals surface area contributed by atoms with Gasteiger partial charge in [0.05, 0.1) is 11.4 Å². The van der Waals surface area contributed by atoms with Crippen molar-refractivity contribution >= 4 is 34.9 Å². The van der Waals surface area contributed by atoms with Crippen LogP contribution in [0, 0.1) is 0 Å². The Labute approximate surface area is 276 Å². The summed E-state index contributed by atoms with van der Waals surface area (Å²) in [5.74, 6) is 0.415. The van der Waals surface area contributed by atoms with Crippen LogP contribution in [0.25, 0.3) is 5.65 Å². The molecule has 1 saturated heterocycles. The molecule has 47 heavy (non-hydrogen) atoms. The van der Waals surface area contributed by atoms with Crippen molar-refractivity contribution in [1.29, 1.82) is 0 Å². The molecule has 8 rings (SSSR count). The fourth-order valence-electron chi connectivity index (χ4n) is 6.55. The van der Waals surface area contributed by atoms with Gasteiger partial charge in [-0.15, -0.1) is 0 Å². The van der Waals surface area contributed by atoms with Gasteiger partial charge in [0.15, 0.2) is 5.65 Å². The summed E-state index contributed by atoms with van der Waals surface area (Å²) in [7, 11) is 0. The summed E-state index contributed by atoms with van der Waals surface area (Å²) in [5, 5.41) is 0.278. The fourth-order valence-corrected chi connectivity index (χ4v) is 6.69. The van der Waals surface area contributed by atoms with Gasteiger partial charge in [0, 0.05) is 18.5 Å². The van der Waals surface area contributed by atoms with Crippen molar-refractivity contribution in [2.45, 2.75) is 30.9 Å². The van der Waals surface area contributed by atoms with Crippen LogP contribution in [0.3, 0.4) is 0 Å². The van der Waals surface area contributed by atoms with Gasteiger partial charge in [-0.1, -0.05) is 103 Å². The predicted molar refractivity (Wildman–Crippen MR) is 177 cm³/mol. The molecule has 0 atom stereocenters. The zero-order valence-electron chi connectivity index (χ0n) is 25.2. The van der Waals surface area contributed by atoms with Crippen LogP contribution in [-0.2, 0) is 16.9 Å². The SMILES string of the molecule is O=C1CN(c2cc(C3CC3)cn3cc(COc4cc(Cl)ncn4)nc23)C(=O)N1C(c1ccccc1)(c1ccccc1)c1ccccc1. The molecule has 3 amide bonds. The molecule has 1 aliphatic carbocycles. The molecule has 10 heteroatoms. The molecule has 0 spiro atoms. The molecule has 1 aliphatic heterocycles. The molecule has 2 aliphatic rings. The zero-order chi connectivity index (χ0) is 32.0. The summed E-state index contributed by atoms with van der Waals surface area (Å²) in [4.78, 5) is 45.2. The molecular formula is C37H29ClN6O3. The molecular weight excluding hydrogens is 612 g/mol. The van der Waals surface area contributed by atoms with Crippen molar-refractivity contribution < 1.29 is 14.3 Å². The number of imide groups is 1. The summed E-state index contributed by atoms with van der Waals surface area (Å²) < 4.78 is 7.77. The van der Waals surface area contributed by atoms with Crippen molar-refractivity contribution in [3.8, 4) is 5.88 Å². The Balaban J connectivity index is 1.25. The van der Waals surface area contributed by atoms with Crippen molar-refractivity contribution in [3.63, 3.8) is 0 Å². The fraction of sp³-hybridized carbons (Fsp3) is 0.162. The summed E-state index contributed by atoms with van der Waals surface area (Å²) in [6.45, 7) is 0.000348. The average Bonchev–Trinajstić information content (AvgIpc) is 3.81. The van der Waals surface area contributed by atoms with E-state index in [0.717, 1.165) is 35.1 Å². The van der Waals surface area contributed by atoms with Crippen LogP contribution in [0.5, 0.6) is 5.88 Å². The summed E-state index contributed by atoms with van der Waals surface area (Å²) in [5.41, 5.74) is 4.07. The van der Waals surface area contributed by atoms with Crippen molar-refractivity contribution in [3.05, 3.63) is 155 Å². The van der Waals surface area contributed by atoms with E-state index in [1.54, 1.807) is 4.90 Å². The van der Waals surface area contributed by atoms with Gasteiger partial charge in [-0.3, -0.25) is 9.69 Å². The number of carbonyl (C=O) groups is 2. The smallest absolute Gasteiger partial charge is 0.333 e. The third-order valence-electron chi connectivity index (χ3n) is 8.79. The number of urea groups is 1. The molecule has 232 valence electrons. The summed E-state index contributed by atoms with van der Waals surface area (Å²) in [6, 6.07) is 32.4. The normalized spacial score (nSPS) is 15.1. The first-order valence-electron chi connectivity index (χ1n) is 15.5. The predicted octanol–water partition coefficient (Wildman–Crippen LogP) is 6.99. The number of fused-ring (bicyclic) bond motifs is 1. The minimum atomic E-state index is -1.22. The number of pyridine rings is 1. The van der Waals surface area contributed by atoms with Gasteiger partial charge in [0.25, 0.3) is 5.91 Å². The first-order valence-corrected chi connectivity index (χ1v) is 15.8. The van der Waals surface area contributed by atoms with E-state index in [2.05, 4.69) is 16.2 Å². The number of nitrogens with zero attached hydrogens (tertiary/aromatic N) is 6. The lowest BCUT2D eigenvalue weighted by Gasteiger charge is -2.42. The van der Waals surface area contributed by atoms with E-state index in [4.69, 9.17) is 21.3 Å². The highest BCUT2D eigenvalue weighted by Crippen LogP contribution is 2.46. The van der Waals surface area contributed by atoms with Crippen LogP contribution < -0.4 is 9.64 Å². The number of carbonyl (C=O) groups excluding carboxylic acids is 2. The molecule has 3 aromatic carbocycles. The Bertz CT molecular complexity index is 2000. The molecule has 2 fully saturated rings. The number of benzene rings is 3. The maximum Gasteiger partial charge on any atom is 0.333 e. The number of rotatable bonds is 9. The Kier molecular flexibility index (Phi) is 7.18. The lowest BCUT2D eigenvalue weighted by atomic mass is 9.75. The van der Waals surface area contributed by atoms with E-state index in [9.17, 15) is 9.59 Å². The van der Waals surface area contributed by atoms with Crippen molar-refractivity contribution in [2.24, 2.45) is 0 Å². The Morgan fingerprint density at radius 3 is 2.00 bits per heavy atom. The van der Waals surface area contributed by atoms with Crippen LogP contribution in [0.4, 0.5) is 10.5 Å². The van der Waals surface area contributed by atoms with Crippen LogP contribution >= 0.6 is 11.6 Å². The van der Waals surface area contributed by atoms with Crippen molar-refractivity contribution in [1.82, 2.24) is 24.3 Å². The number of hydrogen-bond donors (Lipinski definition) is 0. The minimum absolute atomic E-state index is 0.130. The lowest BCUT2D eigenvalue weighted by molar-refractivity contribution is -0.127. The van der Waals surface area contributed by atoms with Gasteiger partial charge in [0.2, 0.25) is 5.88 Å². The molecule has 1 saturated carbocycles. The van der Waals surface area contributed by atoms with Gasteiger partial charge in [0.1, 0.15) is 30.2 Å². The van der Waals surface area contributed by atoms with Gasteiger partial charge in [-0.2, -0.15) is 0 Å². The molecule has 0 unspecified atom stereocenters. The quantitative estimate of drug-likeness (QED) is 0.0960. The molecule has 0 N–H and O–H groups in total. The largest absolute Gasteiger partial charge is 0.471 e. The molecule has 9 nitrogen and oxygen atoms in total. The van der Waals surface area contributed by atoms with Crippen LogP contribution in [0.15, 0.2) is 122 Å². The van der Waals surface area contributed by atoms with E-state index in [-0.39, 0.29) is 24.2 Å². The minimum Gasteiger partial charge on any atom is -0.471 e. The average molecular weight is 641 g/mol. The Hall–Kier alpha value is -5.54. The highest BCUT2D eigenvalue weighted by molar-refractivity contribution is 6.29. The molecule has 3 aromatic heterocycles. The summed E-state index contributed by atoms with van der Waals surface area (Å²) >= 11 is 6.00. The second-order valence-corrected chi connectivity index (χ2v) is 12.2. The molecule has 0 bridgehead atoms. The second-order valence-electron chi connectivity index (χ2n) is 11.8. The topological polar surface area (TPSA) is 92.9 Å². The van der Waals surface area contributed by atoms with Gasteiger partial charge in [-0.25, -0.2) is 24.6 Å². The monoisotopic (exact) mass is 640 g/mol. The Morgan fingerprint density at radius 2 is 1.43 bits per heavy atom. The van der Waals surface area contributed by atoms with E-state index < -0.39 is 11.6 Å². The first kappa shape index (κ1) is 28.9. The van der Waals surface area contributed by atoms with Gasteiger partial charge >= 0.3 is 6.03 Å². The van der Waals surface area contributed by atoms with Crippen LogP contribution in [0.2, 0.25) is 5.15 Å². The standard InChI is InChI=1S/C37H29ClN6O3/c38-32-19-33(40-24-39-32)47-23-30-21-42-20-26(25-16-17-25)18-31(35(42)41-30)43-22-34(45)44(36(43)46)37(27-10-4-1-5-11-27,28-12-6-2-7-13-28)29-14-8-3-9-15-29/h1-15,18-21,24-25H,16-17,22-23H2. The number of hydrogen-bond acceptors (Lipinski definition) is 6. The highest BCUT2D eigenvalue weighted by atomic mass is 35.5. The number of imidazole rings is 1. The lowest BCUT2D eigenvalue weighted by Crippen LogP contribution is -2.52. The Morgan fingerprint density at radius 1 is 0.809 bits per heavy atom. The number of aromatic nitrogens is 4. The maximum atomic E-state index is 14.9. The second kappa shape index (κ2) is 11.7. The van der Waals surface area contributed by atoms with E-state index in [1.165, 1.54) is 17.3 Å². The zero-order valence-corrected chi connectivity index (χ0v) is 26.0. The van der Waals surface area contributed by atoms with Gasteiger partial charge in [-0.05, 0) is 47.1 Å². The summed E-state index contributed by atoms with van der Waals surface area (Å²) in [6.07, 6.45) is 7.42. The number of halogens is 1. The first-order chi connectivity index (χ1) is 23.0. The maximum absolute atomic E-state index is 14.9. The van der Waals surface area contributed by atoms with Crippen molar-refractivity contribution in [2.75, 3.05) is 11.4 Å².